The van der Waals surface area contributed by atoms with Crippen molar-refractivity contribution in [3.8, 4) is 0 Å². The minimum atomic E-state index is 0.346. The fraction of sp³-hybridized carbons (Fsp3) is 0.750. The van der Waals surface area contributed by atoms with Crippen molar-refractivity contribution < 1.29 is 0 Å². The molecule has 3 N–H and O–H groups in total. The molecule has 3 fully saturated rings. The van der Waals surface area contributed by atoms with Crippen LogP contribution in [-0.4, -0.2) is 35.6 Å². The summed E-state index contributed by atoms with van der Waals surface area (Å²) in [6.45, 7) is 3.26. The highest BCUT2D eigenvalue weighted by molar-refractivity contribution is 5.20. The summed E-state index contributed by atoms with van der Waals surface area (Å²) in [5.74, 6) is 2.92. The number of nitrogens with zero attached hydrogens (tertiary/aromatic N) is 2. The molecule has 2 bridgehead atoms. The Morgan fingerprint density at radius 3 is 2.90 bits per heavy atom. The maximum absolute atomic E-state index is 6.02. The summed E-state index contributed by atoms with van der Waals surface area (Å²) in [7, 11) is 0. The second kappa shape index (κ2) is 4.99. The van der Waals surface area contributed by atoms with Crippen molar-refractivity contribution in [2.45, 2.75) is 38.1 Å². The van der Waals surface area contributed by atoms with Gasteiger partial charge in [-0.15, -0.1) is 0 Å². The molecule has 0 radical (unpaired) electrons. The number of nitrogens with one attached hydrogen (secondary N) is 1. The van der Waals surface area contributed by atoms with Crippen molar-refractivity contribution in [3.05, 3.63) is 24.2 Å². The number of hydrogen-bond donors (Lipinski definition) is 2. The summed E-state index contributed by atoms with van der Waals surface area (Å²) < 4.78 is 0. The van der Waals surface area contributed by atoms with Gasteiger partial charge in [0.25, 0.3) is 0 Å². The van der Waals surface area contributed by atoms with Gasteiger partial charge in [0.15, 0.2) is 0 Å². The van der Waals surface area contributed by atoms with Crippen LogP contribution in [0.15, 0.2) is 24.2 Å². The van der Waals surface area contributed by atoms with E-state index in [1.807, 2.05) is 0 Å². The van der Waals surface area contributed by atoms with Gasteiger partial charge in [-0.25, -0.2) is 0 Å². The third-order valence-electron chi connectivity index (χ3n) is 5.69. The molecule has 4 nitrogen and oxygen atoms in total. The normalized spacial score (nSPS) is 39.4. The maximum Gasteiger partial charge on any atom is 0.0563 e. The van der Waals surface area contributed by atoms with Gasteiger partial charge in [-0.1, -0.05) is 6.42 Å². The van der Waals surface area contributed by atoms with E-state index in [0.29, 0.717) is 6.04 Å². The molecule has 2 heterocycles. The second-order valence-electron chi connectivity index (χ2n) is 7.10. The van der Waals surface area contributed by atoms with Gasteiger partial charge >= 0.3 is 0 Å². The molecular weight excluding hydrogens is 248 g/mol. The number of rotatable bonds is 3. The number of likely N-dealkylation sites (tertiary alicyclic amines) is 1. The lowest BCUT2D eigenvalue weighted by Gasteiger charge is -2.32. The second-order valence-corrected chi connectivity index (χ2v) is 7.10. The first-order valence-electron chi connectivity index (χ1n) is 8.19. The van der Waals surface area contributed by atoms with Gasteiger partial charge in [-0.05, 0) is 49.5 Å². The fourth-order valence-electron chi connectivity index (χ4n) is 4.63. The predicted molar refractivity (Wildman–Crippen MR) is 80.2 cm³/mol. The molecule has 0 aromatic heterocycles. The van der Waals surface area contributed by atoms with Crippen molar-refractivity contribution in [1.29, 1.82) is 0 Å². The molecule has 2 aliphatic carbocycles. The van der Waals surface area contributed by atoms with Crippen molar-refractivity contribution in [2.24, 2.45) is 23.5 Å². The first kappa shape index (κ1) is 12.6. The van der Waals surface area contributed by atoms with Crippen LogP contribution in [0.25, 0.3) is 0 Å². The largest absolute Gasteiger partial charge is 0.369 e. The highest BCUT2D eigenvalue weighted by atomic mass is 15.5. The first-order chi connectivity index (χ1) is 9.78. The van der Waals surface area contributed by atoms with Gasteiger partial charge in [0.2, 0.25) is 0 Å². The van der Waals surface area contributed by atoms with Crippen LogP contribution in [0.4, 0.5) is 0 Å². The minimum Gasteiger partial charge on any atom is -0.369 e. The molecule has 0 aromatic rings. The Morgan fingerprint density at radius 1 is 1.25 bits per heavy atom. The highest BCUT2D eigenvalue weighted by Gasteiger charge is 2.40. The summed E-state index contributed by atoms with van der Waals surface area (Å²) in [5, 5.41) is 2.30. The Hall–Kier alpha value is -1.16. The fourth-order valence-corrected chi connectivity index (χ4v) is 4.63. The number of nitrogens with two attached hydrogens (primary N) is 1. The molecule has 4 atom stereocenters. The molecule has 1 saturated heterocycles. The molecule has 20 heavy (non-hydrogen) atoms. The van der Waals surface area contributed by atoms with Gasteiger partial charge in [0.05, 0.1) is 5.70 Å². The van der Waals surface area contributed by atoms with Crippen LogP contribution in [0.1, 0.15) is 32.1 Å². The Balaban J connectivity index is 1.39. The topological polar surface area (TPSA) is 44.5 Å². The van der Waals surface area contributed by atoms with Gasteiger partial charge < -0.3 is 16.1 Å². The van der Waals surface area contributed by atoms with Crippen molar-refractivity contribution in [2.75, 3.05) is 19.6 Å². The summed E-state index contributed by atoms with van der Waals surface area (Å²) in [6, 6.07) is 0.346. The molecule has 4 heteroatoms. The van der Waals surface area contributed by atoms with Crippen molar-refractivity contribution in [1.82, 2.24) is 15.3 Å². The zero-order valence-corrected chi connectivity index (χ0v) is 12.2. The van der Waals surface area contributed by atoms with Crippen LogP contribution in [0.3, 0.4) is 0 Å². The van der Waals surface area contributed by atoms with E-state index in [9.17, 15) is 0 Å². The number of hydrazine groups is 1. The van der Waals surface area contributed by atoms with E-state index in [-0.39, 0.29) is 0 Å². The predicted octanol–water partition coefficient (Wildman–Crippen LogP) is 1.63. The summed E-state index contributed by atoms with van der Waals surface area (Å²) in [6.07, 6.45) is 13.5. The van der Waals surface area contributed by atoms with Crippen LogP contribution in [0.2, 0.25) is 0 Å². The molecular formula is C16H26N4. The van der Waals surface area contributed by atoms with E-state index in [2.05, 4.69) is 33.8 Å². The average molecular weight is 274 g/mol. The molecule has 3 unspecified atom stereocenters. The van der Waals surface area contributed by atoms with E-state index in [0.717, 1.165) is 43.8 Å². The molecule has 0 aromatic carbocycles. The zero-order chi connectivity index (χ0) is 13.5. The van der Waals surface area contributed by atoms with Crippen LogP contribution in [-0.2, 0) is 0 Å². The van der Waals surface area contributed by atoms with Gasteiger partial charge in [0, 0.05) is 38.1 Å². The van der Waals surface area contributed by atoms with Crippen molar-refractivity contribution in [3.63, 3.8) is 0 Å². The molecule has 4 rings (SSSR count). The quantitative estimate of drug-likeness (QED) is 0.821. The van der Waals surface area contributed by atoms with Gasteiger partial charge in [-0.3, -0.25) is 5.01 Å². The summed E-state index contributed by atoms with van der Waals surface area (Å²) in [4.78, 5) is 2.41. The van der Waals surface area contributed by atoms with Crippen LogP contribution >= 0.6 is 0 Å². The van der Waals surface area contributed by atoms with Crippen LogP contribution in [0.5, 0.6) is 0 Å². The first-order valence-corrected chi connectivity index (χ1v) is 8.19. The number of fused-ring (bicyclic) bond motifs is 2. The number of hydrogen-bond acceptors (Lipinski definition) is 4. The van der Waals surface area contributed by atoms with Gasteiger partial charge in [0.1, 0.15) is 0 Å². The van der Waals surface area contributed by atoms with E-state index < -0.39 is 0 Å². The smallest absolute Gasteiger partial charge is 0.0563 e. The minimum absolute atomic E-state index is 0.346. The zero-order valence-electron chi connectivity index (χ0n) is 12.2. The Labute approximate surface area is 121 Å². The molecule has 0 spiro atoms. The Kier molecular flexibility index (Phi) is 3.14. The SMILES string of the molecule is N[C@H]1CCN(C2=CN(CC3CC4CCC3C4)NC=C2)C1. The molecule has 2 saturated carbocycles. The lowest BCUT2D eigenvalue weighted by atomic mass is 9.89. The van der Waals surface area contributed by atoms with Crippen molar-refractivity contribution >= 4 is 0 Å². The number of allylic oxidation sites excluding steroid dienone is 1. The third kappa shape index (κ3) is 2.30. The Morgan fingerprint density at radius 2 is 2.20 bits per heavy atom. The van der Waals surface area contributed by atoms with E-state index in [1.54, 1.807) is 0 Å². The molecule has 0 amide bonds. The maximum atomic E-state index is 6.02. The van der Waals surface area contributed by atoms with Gasteiger partial charge in [-0.2, -0.15) is 0 Å². The summed E-state index contributed by atoms with van der Waals surface area (Å²) in [5.41, 5.74) is 10.7. The lowest BCUT2D eigenvalue weighted by Crippen LogP contribution is -2.39. The highest BCUT2D eigenvalue weighted by Crippen LogP contribution is 2.48. The monoisotopic (exact) mass is 274 g/mol. The molecule has 4 aliphatic rings. The lowest BCUT2D eigenvalue weighted by molar-refractivity contribution is 0.202. The van der Waals surface area contributed by atoms with Crippen LogP contribution < -0.4 is 11.2 Å². The van der Waals surface area contributed by atoms with E-state index >= 15 is 0 Å². The molecule has 110 valence electrons. The Bertz CT molecular complexity index is 430. The van der Waals surface area contributed by atoms with E-state index in [4.69, 9.17) is 5.73 Å². The molecule has 2 aliphatic heterocycles. The summed E-state index contributed by atoms with van der Waals surface area (Å²) >= 11 is 0. The van der Waals surface area contributed by atoms with E-state index in [1.165, 1.54) is 31.4 Å². The van der Waals surface area contributed by atoms with Crippen LogP contribution in [0, 0.1) is 17.8 Å². The average Bonchev–Trinajstić information content (AvgIpc) is 3.15. The third-order valence-corrected chi connectivity index (χ3v) is 5.69. The standard InChI is InChI=1S/C16H26N4/c17-15-4-6-19(10-15)16-3-5-18-20(11-16)9-14-8-12-1-2-13(14)7-12/h3,5,11-15,18H,1-2,4,6-10,17H2/t12?,13?,14?,15-/m0/s1.